The number of rotatable bonds is 1. The number of hydrogen-bond donors (Lipinski definition) is 0. The second-order valence-corrected chi connectivity index (χ2v) is 4.18. The Kier molecular flexibility index (Phi) is 3.17. The number of ether oxygens (including phenoxy) is 1. The van der Waals surface area contributed by atoms with Crippen LogP contribution in [0.15, 0.2) is 6.07 Å². The Balaban J connectivity index is 2.21. The van der Waals surface area contributed by atoms with E-state index < -0.39 is 0 Å². The molecule has 1 aromatic heterocycles. The Morgan fingerprint density at radius 1 is 1.50 bits per heavy atom. The van der Waals surface area contributed by atoms with Crippen molar-refractivity contribution in [3.05, 3.63) is 22.2 Å². The molecule has 0 saturated carbocycles. The van der Waals surface area contributed by atoms with Crippen LogP contribution in [0, 0.1) is 17.2 Å². The maximum Gasteiger partial charge on any atom is 0.133 e. The fourth-order valence-electron chi connectivity index (χ4n) is 1.37. The van der Waals surface area contributed by atoms with Crippen LogP contribution < -0.4 is 4.90 Å². The fraction of sp³-hybridized carbons (Fsp3) is 0.444. The van der Waals surface area contributed by atoms with Crippen molar-refractivity contribution in [3.63, 3.8) is 0 Å². The van der Waals surface area contributed by atoms with Gasteiger partial charge in [-0.1, -0.05) is 0 Å². The van der Waals surface area contributed by atoms with Crippen LogP contribution in [-0.2, 0) is 4.74 Å². The molecule has 5 heteroatoms. The summed E-state index contributed by atoms with van der Waals surface area (Å²) < 4.78 is 6.15. The van der Waals surface area contributed by atoms with Crippen molar-refractivity contribution in [3.8, 4) is 0 Å². The maximum atomic E-state index is 5.17. The zero-order valence-electron chi connectivity index (χ0n) is 7.90. The van der Waals surface area contributed by atoms with Crippen molar-refractivity contribution in [1.82, 2.24) is 9.97 Å². The highest BCUT2D eigenvalue weighted by atomic mass is 127. The number of anilines is 1. The molecule has 0 bridgehead atoms. The molecule has 75 valence electrons. The molecule has 0 aliphatic carbocycles. The van der Waals surface area contributed by atoms with Crippen molar-refractivity contribution in [2.45, 2.75) is 6.92 Å². The maximum absolute atomic E-state index is 5.17. The first-order valence-corrected chi connectivity index (χ1v) is 5.53. The quantitative estimate of drug-likeness (QED) is 0.580. The molecule has 14 heavy (non-hydrogen) atoms. The van der Waals surface area contributed by atoms with E-state index in [1.165, 1.54) is 0 Å². The van der Waals surface area contributed by atoms with E-state index >= 15 is 0 Å². The monoisotopic (exact) mass is 304 g/mol. The van der Waals surface area contributed by atoms with Crippen LogP contribution in [0.25, 0.3) is 0 Å². The molecular formula is C9H11IN3O. The van der Waals surface area contributed by atoms with E-state index in [2.05, 4.69) is 37.5 Å². The summed E-state index contributed by atoms with van der Waals surface area (Å²) in [7, 11) is 0. The van der Waals surface area contributed by atoms with Crippen LogP contribution in [-0.4, -0.2) is 29.7 Å². The Labute approximate surface area is 96.8 Å². The molecule has 4 nitrogen and oxygen atoms in total. The molecule has 0 N–H and O–H groups in total. The van der Waals surface area contributed by atoms with E-state index in [1.807, 2.05) is 19.6 Å². The Morgan fingerprint density at radius 3 is 3.00 bits per heavy atom. The van der Waals surface area contributed by atoms with Gasteiger partial charge in [0.2, 0.25) is 0 Å². The lowest BCUT2D eigenvalue weighted by Gasteiger charge is -2.27. The van der Waals surface area contributed by atoms with Crippen molar-refractivity contribution >= 4 is 28.4 Å². The fourth-order valence-corrected chi connectivity index (χ4v) is 1.99. The van der Waals surface area contributed by atoms with Crippen molar-refractivity contribution in [2.75, 3.05) is 24.6 Å². The highest BCUT2D eigenvalue weighted by Gasteiger charge is 2.13. The molecule has 0 atom stereocenters. The summed E-state index contributed by atoms with van der Waals surface area (Å²) in [5.74, 6) is 1.81. The SMILES string of the molecule is Cc1nc(I)cc(N2C[CH]OCC2)n1. The molecule has 2 heterocycles. The van der Waals surface area contributed by atoms with Gasteiger partial charge in [0.1, 0.15) is 21.9 Å². The average molecular weight is 304 g/mol. The molecule has 1 aliphatic rings. The molecule has 1 radical (unpaired) electrons. The Hall–Kier alpha value is -0.430. The van der Waals surface area contributed by atoms with Crippen LogP contribution in [0.4, 0.5) is 5.82 Å². The second-order valence-electron chi connectivity index (χ2n) is 3.08. The lowest BCUT2D eigenvalue weighted by atomic mass is 10.4. The molecule has 0 amide bonds. The van der Waals surface area contributed by atoms with Gasteiger partial charge in [-0.05, 0) is 29.5 Å². The number of halogens is 1. The largest absolute Gasteiger partial charge is 0.372 e. The summed E-state index contributed by atoms with van der Waals surface area (Å²) in [6.45, 7) is 6.15. The molecule has 1 aliphatic heterocycles. The summed E-state index contributed by atoms with van der Waals surface area (Å²) in [5, 5.41) is 0. The van der Waals surface area contributed by atoms with Gasteiger partial charge in [-0.2, -0.15) is 0 Å². The van der Waals surface area contributed by atoms with E-state index in [4.69, 9.17) is 4.74 Å². The van der Waals surface area contributed by atoms with E-state index in [0.717, 1.165) is 35.0 Å². The van der Waals surface area contributed by atoms with E-state index in [-0.39, 0.29) is 0 Å². The average Bonchev–Trinajstić information content (AvgIpc) is 2.18. The molecule has 1 aromatic rings. The van der Waals surface area contributed by atoms with Gasteiger partial charge in [-0.15, -0.1) is 0 Å². The molecule has 0 unspecified atom stereocenters. The minimum Gasteiger partial charge on any atom is -0.372 e. The first-order chi connectivity index (χ1) is 6.75. The zero-order valence-corrected chi connectivity index (χ0v) is 10.1. The van der Waals surface area contributed by atoms with Crippen LogP contribution in [0.2, 0.25) is 0 Å². The standard InChI is InChI=1S/C9H11IN3O/c1-7-11-8(10)6-9(12-7)13-2-4-14-5-3-13/h4,6H,2-3,5H2,1H3. The van der Waals surface area contributed by atoms with Crippen LogP contribution in [0.1, 0.15) is 5.82 Å². The smallest absolute Gasteiger partial charge is 0.133 e. The minimum absolute atomic E-state index is 0.736. The number of aromatic nitrogens is 2. The van der Waals surface area contributed by atoms with Crippen molar-refractivity contribution < 1.29 is 4.74 Å². The summed E-state index contributed by atoms with van der Waals surface area (Å²) in [4.78, 5) is 10.8. The summed E-state index contributed by atoms with van der Waals surface area (Å²) >= 11 is 2.21. The first kappa shape index (κ1) is 10.1. The van der Waals surface area contributed by atoms with Gasteiger partial charge in [-0.25, -0.2) is 9.97 Å². The van der Waals surface area contributed by atoms with E-state index in [1.54, 1.807) is 0 Å². The molecule has 2 rings (SSSR count). The Bertz CT molecular complexity index is 306. The van der Waals surface area contributed by atoms with Crippen LogP contribution >= 0.6 is 22.6 Å². The normalized spacial score (nSPS) is 17.1. The van der Waals surface area contributed by atoms with E-state index in [9.17, 15) is 0 Å². The van der Waals surface area contributed by atoms with Gasteiger partial charge < -0.3 is 9.64 Å². The highest BCUT2D eigenvalue weighted by Crippen LogP contribution is 2.15. The molecule has 0 aromatic carbocycles. The van der Waals surface area contributed by atoms with E-state index in [0.29, 0.717) is 0 Å². The second kappa shape index (κ2) is 4.39. The predicted octanol–water partition coefficient (Wildman–Crippen LogP) is 1.39. The summed E-state index contributed by atoms with van der Waals surface area (Å²) in [6, 6.07) is 1.99. The van der Waals surface area contributed by atoms with Gasteiger partial charge in [0, 0.05) is 19.2 Å². The number of nitrogens with zero attached hydrogens (tertiary/aromatic N) is 3. The lowest BCUT2D eigenvalue weighted by molar-refractivity contribution is 0.181. The molecule has 1 saturated heterocycles. The number of aryl methyl sites for hydroxylation is 1. The third-order valence-electron chi connectivity index (χ3n) is 2.01. The number of morpholine rings is 1. The lowest BCUT2D eigenvalue weighted by Crippen LogP contribution is -2.34. The van der Waals surface area contributed by atoms with Crippen molar-refractivity contribution in [2.24, 2.45) is 0 Å². The van der Waals surface area contributed by atoms with Gasteiger partial charge >= 0.3 is 0 Å². The van der Waals surface area contributed by atoms with Gasteiger partial charge in [0.15, 0.2) is 0 Å². The molecule has 1 fully saturated rings. The highest BCUT2D eigenvalue weighted by molar-refractivity contribution is 14.1. The molecular weight excluding hydrogens is 293 g/mol. The van der Waals surface area contributed by atoms with Gasteiger partial charge in [0.05, 0.1) is 6.61 Å². The van der Waals surface area contributed by atoms with Gasteiger partial charge in [0.25, 0.3) is 0 Å². The Morgan fingerprint density at radius 2 is 2.36 bits per heavy atom. The van der Waals surface area contributed by atoms with Crippen LogP contribution in [0.5, 0.6) is 0 Å². The third kappa shape index (κ3) is 2.33. The minimum atomic E-state index is 0.736. The van der Waals surface area contributed by atoms with Crippen molar-refractivity contribution in [1.29, 1.82) is 0 Å². The summed E-state index contributed by atoms with van der Waals surface area (Å²) in [5.41, 5.74) is 0. The third-order valence-corrected chi connectivity index (χ3v) is 2.56. The van der Waals surface area contributed by atoms with Gasteiger partial charge in [-0.3, -0.25) is 0 Å². The molecule has 0 spiro atoms. The zero-order chi connectivity index (χ0) is 9.97. The first-order valence-electron chi connectivity index (χ1n) is 4.45. The van der Waals surface area contributed by atoms with Crippen LogP contribution in [0.3, 0.4) is 0 Å². The topological polar surface area (TPSA) is 38.2 Å². The predicted molar refractivity (Wildman–Crippen MR) is 62.0 cm³/mol. The summed E-state index contributed by atoms with van der Waals surface area (Å²) in [6.07, 6.45) is 0. The number of hydrogen-bond acceptors (Lipinski definition) is 4.